The van der Waals surface area contributed by atoms with Crippen LogP contribution in [-0.4, -0.2) is 49.3 Å². The van der Waals surface area contributed by atoms with E-state index >= 15 is 0 Å². The molecule has 3 atom stereocenters. The molecule has 0 aromatic heterocycles. The Morgan fingerprint density at radius 3 is 2.60 bits per heavy atom. The predicted octanol–water partition coefficient (Wildman–Crippen LogP) is 2.47. The highest BCUT2D eigenvalue weighted by Gasteiger charge is 2.44. The van der Waals surface area contributed by atoms with E-state index in [1.54, 1.807) is 0 Å². The first-order chi connectivity index (χ1) is 9.57. The minimum atomic E-state index is -0.0410. The van der Waals surface area contributed by atoms with Gasteiger partial charge in [-0.1, -0.05) is 13.8 Å². The quantitative estimate of drug-likeness (QED) is 0.743. The van der Waals surface area contributed by atoms with E-state index in [4.69, 9.17) is 9.47 Å². The molecular weight excluding hydrogens is 254 g/mol. The molecule has 20 heavy (non-hydrogen) atoms. The van der Waals surface area contributed by atoms with Crippen molar-refractivity contribution >= 4 is 5.97 Å². The molecule has 2 rings (SSSR count). The Morgan fingerprint density at radius 1 is 1.30 bits per heavy atom. The van der Waals surface area contributed by atoms with E-state index in [1.165, 1.54) is 6.42 Å². The van der Waals surface area contributed by atoms with Crippen molar-refractivity contribution in [2.45, 2.75) is 52.0 Å². The summed E-state index contributed by atoms with van der Waals surface area (Å²) in [5.74, 6) is 1.38. The summed E-state index contributed by atoms with van der Waals surface area (Å²) in [6.45, 7) is 10.5. The summed E-state index contributed by atoms with van der Waals surface area (Å²) in [5, 5.41) is 0. The number of rotatable bonds is 4. The number of hydrogen-bond donors (Lipinski definition) is 0. The van der Waals surface area contributed by atoms with Crippen LogP contribution in [0, 0.1) is 11.8 Å². The molecule has 2 fully saturated rings. The summed E-state index contributed by atoms with van der Waals surface area (Å²) < 4.78 is 10.7. The molecule has 4 heteroatoms. The lowest BCUT2D eigenvalue weighted by Crippen LogP contribution is -2.57. The van der Waals surface area contributed by atoms with E-state index in [9.17, 15) is 4.79 Å². The van der Waals surface area contributed by atoms with E-state index in [2.05, 4.69) is 18.7 Å². The predicted molar refractivity (Wildman–Crippen MR) is 78.6 cm³/mol. The highest BCUT2D eigenvalue weighted by atomic mass is 16.5. The third-order valence-corrected chi connectivity index (χ3v) is 5.20. The fraction of sp³-hybridized carbons (Fsp3) is 0.938. The second kappa shape index (κ2) is 6.90. The van der Waals surface area contributed by atoms with E-state index in [-0.39, 0.29) is 11.5 Å². The van der Waals surface area contributed by atoms with Crippen LogP contribution in [0.3, 0.4) is 0 Å². The zero-order valence-corrected chi connectivity index (χ0v) is 13.2. The van der Waals surface area contributed by atoms with Crippen molar-refractivity contribution in [2.24, 2.45) is 11.8 Å². The molecular formula is C16H29NO3. The first-order valence-corrected chi connectivity index (χ1v) is 8.06. The lowest BCUT2D eigenvalue weighted by atomic mass is 9.69. The summed E-state index contributed by atoms with van der Waals surface area (Å²) in [6.07, 6.45) is 3.96. The Hall–Kier alpha value is -0.610. The van der Waals surface area contributed by atoms with Gasteiger partial charge in [-0.15, -0.1) is 0 Å². The lowest BCUT2D eigenvalue weighted by Gasteiger charge is -2.50. The second-order valence-electron chi connectivity index (χ2n) is 6.50. The van der Waals surface area contributed by atoms with Crippen LogP contribution < -0.4 is 0 Å². The van der Waals surface area contributed by atoms with Gasteiger partial charge in [0.2, 0.25) is 0 Å². The van der Waals surface area contributed by atoms with Crippen molar-refractivity contribution < 1.29 is 14.3 Å². The smallest absolute Gasteiger partial charge is 0.307 e. The van der Waals surface area contributed by atoms with Crippen molar-refractivity contribution in [1.82, 2.24) is 4.90 Å². The maximum Gasteiger partial charge on any atom is 0.307 e. The molecule has 4 nitrogen and oxygen atoms in total. The maximum atomic E-state index is 12.1. The van der Waals surface area contributed by atoms with E-state index in [0.29, 0.717) is 18.9 Å². The number of nitrogens with zero attached hydrogens (tertiary/aromatic N) is 1. The molecule has 0 radical (unpaired) electrons. The van der Waals surface area contributed by atoms with Gasteiger partial charge in [-0.25, -0.2) is 0 Å². The number of hydrogen-bond acceptors (Lipinski definition) is 4. The first-order valence-electron chi connectivity index (χ1n) is 8.06. The van der Waals surface area contributed by atoms with Crippen LogP contribution >= 0.6 is 0 Å². The van der Waals surface area contributed by atoms with Crippen LogP contribution in [0.2, 0.25) is 0 Å². The van der Waals surface area contributed by atoms with Gasteiger partial charge in [0.15, 0.2) is 0 Å². The number of esters is 1. The molecule has 1 saturated carbocycles. The van der Waals surface area contributed by atoms with Crippen molar-refractivity contribution in [3.05, 3.63) is 0 Å². The van der Waals surface area contributed by atoms with E-state index < -0.39 is 0 Å². The third kappa shape index (κ3) is 3.53. The van der Waals surface area contributed by atoms with Crippen LogP contribution in [0.15, 0.2) is 0 Å². The topological polar surface area (TPSA) is 38.8 Å². The molecule has 0 aromatic carbocycles. The molecule has 0 aromatic rings. The number of carbonyl (C=O) groups is 1. The van der Waals surface area contributed by atoms with Crippen molar-refractivity contribution in [3.63, 3.8) is 0 Å². The highest BCUT2D eigenvalue weighted by molar-refractivity contribution is 5.71. The lowest BCUT2D eigenvalue weighted by molar-refractivity contribution is -0.150. The number of morpholine rings is 1. The van der Waals surface area contributed by atoms with Crippen molar-refractivity contribution in [2.75, 3.05) is 32.9 Å². The molecule has 116 valence electrons. The average molecular weight is 283 g/mol. The molecule has 0 bridgehead atoms. The Morgan fingerprint density at radius 2 is 2.00 bits per heavy atom. The average Bonchev–Trinajstić information content (AvgIpc) is 2.44. The minimum Gasteiger partial charge on any atom is -0.466 e. The van der Waals surface area contributed by atoms with Crippen LogP contribution in [-0.2, 0) is 14.3 Å². The summed E-state index contributed by atoms with van der Waals surface area (Å²) in [4.78, 5) is 14.6. The zero-order chi connectivity index (χ0) is 14.6. The summed E-state index contributed by atoms with van der Waals surface area (Å²) in [6, 6.07) is 0. The highest BCUT2D eigenvalue weighted by Crippen LogP contribution is 2.42. The van der Waals surface area contributed by atoms with Gasteiger partial charge >= 0.3 is 5.97 Å². The van der Waals surface area contributed by atoms with Crippen molar-refractivity contribution in [3.8, 4) is 0 Å². The molecule has 2 aliphatic rings. The van der Waals surface area contributed by atoms with Crippen LogP contribution in [0.1, 0.15) is 46.5 Å². The Bertz CT molecular complexity index is 328. The van der Waals surface area contributed by atoms with Gasteiger partial charge in [-0.3, -0.25) is 9.69 Å². The Labute approximate surface area is 122 Å². The van der Waals surface area contributed by atoms with Crippen molar-refractivity contribution in [1.29, 1.82) is 0 Å². The monoisotopic (exact) mass is 283 g/mol. The van der Waals surface area contributed by atoms with Crippen LogP contribution in [0.5, 0.6) is 0 Å². The van der Waals surface area contributed by atoms with Crippen LogP contribution in [0.25, 0.3) is 0 Å². The molecule has 1 heterocycles. The van der Waals surface area contributed by atoms with Gasteiger partial charge in [0.1, 0.15) is 0 Å². The SMILES string of the molecule is CCOC(=O)CC1(N2CCOCC2)CCC(C)C(C)C1. The molecule has 0 spiro atoms. The normalized spacial score (nSPS) is 35.8. The fourth-order valence-corrected chi connectivity index (χ4v) is 3.76. The molecule has 0 N–H and O–H groups in total. The van der Waals surface area contributed by atoms with Gasteiger partial charge in [0.05, 0.1) is 26.2 Å². The molecule has 1 aliphatic carbocycles. The van der Waals surface area contributed by atoms with Gasteiger partial charge in [0.25, 0.3) is 0 Å². The van der Waals surface area contributed by atoms with Gasteiger partial charge in [-0.2, -0.15) is 0 Å². The van der Waals surface area contributed by atoms with Gasteiger partial charge < -0.3 is 9.47 Å². The fourth-order valence-electron chi connectivity index (χ4n) is 3.76. The second-order valence-corrected chi connectivity index (χ2v) is 6.50. The van der Waals surface area contributed by atoms with E-state index in [0.717, 1.165) is 45.1 Å². The van der Waals surface area contributed by atoms with Gasteiger partial charge in [0, 0.05) is 18.6 Å². The third-order valence-electron chi connectivity index (χ3n) is 5.20. The summed E-state index contributed by atoms with van der Waals surface area (Å²) in [5.41, 5.74) is 0.00194. The molecule has 1 aliphatic heterocycles. The van der Waals surface area contributed by atoms with Gasteiger partial charge in [-0.05, 0) is 38.0 Å². The zero-order valence-electron chi connectivity index (χ0n) is 13.2. The number of ether oxygens (including phenoxy) is 2. The molecule has 1 saturated heterocycles. The maximum absolute atomic E-state index is 12.1. The Kier molecular flexibility index (Phi) is 5.44. The molecule has 0 amide bonds. The van der Waals surface area contributed by atoms with E-state index in [1.807, 2.05) is 6.92 Å². The van der Waals surface area contributed by atoms with Crippen LogP contribution in [0.4, 0.5) is 0 Å². The standard InChI is InChI=1S/C16H29NO3/c1-4-20-15(18)12-16(17-7-9-19-10-8-17)6-5-13(2)14(3)11-16/h13-14H,4-12H2,1-3H3. The first kappa shape index (κ1) is 15.8. The minimum absolute atomic E-state index is 0.00194. The Balaban J connectivity index is 2.11. The molecule has 3 unspecified atom stereocenters. The summed E-state index contributed by atoms with van der Waals surface area (Å²) in [7, 11) is 0. The number of carbonyl (C=O) groups excluding carboxylic acids is 1. The summed E-state index contributed by atoms with van der Waals surface area (Å²) >= 11 is 0. The largest absolute Gasteiger partial charge is 0.466 e.